The SMILES string of the molecule is N#Cc1c(NC(=O)c2csc(C3CC3)n2)n[nH]c1C1CC1. The molecule has 2 aliphatic carbocycles. The van der Waals surface area contributed by atoms with E-state index in [1.165, 1.54) is 11.3 Å². The van der Waals surface area contributed by atoms with Gasteiger partial charge in [0.15, 0.2) is 5.82 Å². The van der Waals surface area contributed by atoms with Gasteiger partial charge in [-0.2, -0.15) is 10.4 Å². The third-order valence-electron chi connectivity index (χ3n) is 3.80. The third kappa shape index (κ3) is 2.32. The van der Waals surface area contributed by atoms with E-state index in [0.717, 1.165) is 36.4 Å². The zero-order valence-electron chi connectivity index (χ0n) is 11.2. The predicted molar refractivity (Wildman–Crippen MR) is 77.3 cm³/mol. The van der Waals surface area contributed by atoms with Gasteiger partial charge >= 0.3 is 0 Å². The molecule has 0 spiro atoms. The van der Waals surface area contributed by atoms with Crippen LogP contribution in [0.15, 0.2) is 5.38 Å². The number of anilines is 1. The smallest absolute Gasteiger partial charge is 0.276 e. The Hall–Kier alpha value is -2.20. The Bertz CT molecular complexity index is 748. The average Bonchev–Trinajstić information content (AvgIpc) is 3.42. The number of nitrogens with zero attached hydrogens (tertiary/aromatic N) is 3. The average molecular weight is 299 g/mol. The number of carbonyl (C=O) groups excluding carboxylic acids is 1. The number of nitriles is 1. The van der Waals surface area contributed by atoms with Crippen molar-refractivity contribution in [3.63, 3.8) is 0 Å². The zero-order chi connectivity index (χ0) is 14.4. The van der Waals surface area contributed by atoms with Crippen LogP contribution in [-0.4, -0.2) is 21.1 Å². The van der Waals surface area contributed by atoms with Gasteiger partial charge in [-0.1, -0.05) is 0 Å². The first-order chi connectivity index (χ1) is 10.3. The highest BCUT2D eigenvalue weighted by molar-refractivity contribution is 7.10. The third-order valence-corrected chi connectivity index (χ3v) is 4.81. The lowest BCUT2D eigenvalue weighted by atomic mass is 10.2. The molecule has 6 nitrogen and oxygen atoms in total. The van der Waals surface area contributed by atoms with Crippen LogP contribution < -0.4 is 5.32 Å². The number of amides is 1. The molecule has 0 radical (unpaired) electrons. The van der Waals surface area contributed by atoms with Gasteiger partial charge in [-0.3, -0.25) is 9.89 Å². The van der Waals surface area contributed by atoms with Crippen molar-refractivity contribution >= 4 is 23.1 Å². The molecule has 4 rings (SSSR count). The zero-order valence-corrected chi connectivity index (χ0v) is 12.0. The largest absolute Gasteiger partial charge is 0.303 e. The molecule has 0 aromatic carbocycles. The van der Waals surface area contributed by atoms with Crippen molar-refractivity contribution in [1.82, 2.24) is 15.2 Å². The summed E-state index contributed by atoms with van der Waals surface area (Å²) in [5.41, 5.74) is 1.69. The van der Waals surface area contributed by atoms with E-state index in [4.69, 9.17) is 0 Å². The van der Waals surface area contributed by atoms with Crippen LogP contribution in [-0.2, 0) is 0 Å². The van der Waals surface area contributed by atoms with Gasteiger partial charge in [0.25, 0.3) is 5.91 Å². The quantitative estimate of drug-likeness (QED) is 0.907. The van der Waals surface area contributed by atoms with Crippen molar-refractivity contribution in [3.05, 3.63) is 27.3 Å². The minimum Gasteiger partial charge on any atom is -0.303 e. The van der Waals surface area contributed by atoms with Crippen LogP contribution in [0.25, 0.3) is 0 Å². The Kier molecular flexibility index (Phi) is 2.79. The van der Waals surface area contributed by atoms with Crippen LogP contribution in [0.5, 0.6) is 0 Å². The van der Waals surface area contributed by atoms with Gasteiger partial charge in [0, 0.05) is 17.2 Å². The van der Waals surface area contributed by atoms with E-state index < -0.39 is 0 Å². The highest BCUT2D eigenvalue weighted by atomic mass is 32.1. The second-order valence-corrected chi connectivity index (χ2v) is 6.44. The fraction of sp³-hybridized carbons (Fsp3) is 0.429. The Morgan fingerprint density at radius 2 is 2.14 bits per heavy atom. The maximum absolute atomic E-state index is 12.2. The Morgan fingerprint density at radius 3 is 2.81 bits per heavy atom. The lowest BCUT2D eigenvalue weighted by Crippen LogP contribution is -2.13. The van der Waals surface area contributed by atoms with E-state index in [1.54, 1.807) is 5.38 Å². The molecule has 106 valence electrons. The summed E-state index contributed by atoms with van der Waals surface area (Å²) in [6, 6.07) is 2.13. The molecule has 0 atom stereocenters. The lowest BCUT2D eigenvalue weighted by Gasteiger charge is -1.99. The highest BCUT2D eigenvalue weighted by Gasteiger charge is 2.31. The molecule has 0 aliphatic heterocycles. The molecule has 2 aliphatic rings. The number of hydrogen-bond acceptors (Lipinski definition) is 5. The molecule has 2 fully saturated rings. The van der Waals surface area contributed by atoms with E-state index in [0.29, 0.717) is 28.9 Å². The first-order valence-electron chi connectivity index (χ1n) is 7.01. The maximum Gasteiger partial charge on any atom is 0.276 e. The van der Waals surface area contributed by atoms with E-state index in [1.807, 2.05) is 0 Å². The van der Waals surface area contributed by atoms with Crippen molar-refractivity contribution in [1.29, 1.82) is 5.26 Å². The van der Waals surface area contributed by atoms with Gasteiger partial charge in [-0.15, -0.1) is 11.3 Å². The van der Waals surface area contributed by atoms with Crippen LogP contribution >= 0.6 is 11.3 Å². The Balaban J connectivity index is 1.54. The van der Waals surface area contributed by atoms with Crippen LogP contribution in [0.1, 0.15) is 64.3 Å². The van der Waals surface area contributed by atoms with Crippen LogP contribution in [0.3, 0.4) is 0 Å². The molecule has 0 unspecified atom stereocenters. The topological polar surface area (TPSA) is 94.5 Å². The Labute approximate surface area is 125 Å². The number of hydrogen-bond donors (Lipinski definition) is 2. The normalized spacial score (nSPS) is 17.5. The molecule has 2 aromatic rings. The predicted octanol–water partition coefficient (Wildman–Crippen LogP) is 2.74. The van der Waals surface area contributed by atoms with Crippen molar-refractivity contribution in [2.75, 3.05) is 5.32 Å². The standard InChI is InChI=1S/C14H13N5OS/c15-5-9-11(7-1-2-7)18-19-12(9)17-13(20)10-6-21-14(16-10)8-3-4-8/h6-8H,1-4H2,(H2,17,18,19,20). The van der Waals surface area contributed by atoms with Crippen LogP contribution in [0.4, 0.5) is 5.82 Å². The van der Waals surface area contributed by atoms with Crippen molar-refractivity contribution in [3.8, 4) is 6.07 Å². The van der Waals surface area contributed by atoms with Crippen molar-refractivity contribution in [2.45, 2.75) is 37.5 Å². The lowest BCUT2D eigenvalue weighted by molar-refractivity contribution is 0.102. The minimum atomic E-state index is -0.302. The minimum absolute atomic E-state index is 0.302. The molecule has 2 heterocycles. The first kappa shape index (κ1) is 12.5. The summed E-state index contributed by atoms with van der Waals surface area (Å²) in [4.78, 5) is 16.6. The van der Waals surface area contributed by atoms with Gasteiger partial charge in [0.1, 0.15) is 17.3 Å². The molecular weight excluding hydrogens is 286 g/mol. The molecule has 2 aromatic heterocycles. The molecule has 2 saturated carbocycles. The number of carbonyl (C=O) groups is 1. The summed E-state index contributed by atoms with van der Waals surface area (Å²) < 4.78 is 0. The molecule has 0 saturated heterocycles. The van der Waals surface area contributed by atoms with E-state index in [2.05, 4.69) is 26.6 Å². The summed E-state index contributed by atoms with van der Waals surface area (Å²) in [6.07, 6.45) is 4.47. The summed E-state index contributed by atoms with van der Waals surface area (Å²) in [6.45, 7) is 0. The summed E-state index contributed by atoms with van der Waals surface area (Å²) in [5.74, 6) is 0.936. The number of nitrogens with one attached hydrogen (secondary N) is 2. The fourth-order valence-electron chi connectivity index (χ4n) is 2.31. The number of thiazole rings is 1. The highest BCUT2D eigenvalue weighted by Crippen LogP contribution is 2.42. The van der Waals surface area contributed by atoms with Gasteiger partial charge < -0.3 is 5.32 Å². The second-order valence-electron chi connectivity index (χ2n) is 5.55. The summed E-state index contributed by atoms with van der Waals surface area (Å²) in [5, 5.41) is 21.7. The fourth-order valence-corrected chi connectivity index (χ4v) is 3.28. The molecule has 1 amide bonds. The number of aromatic amines is 1. The molecular formula is C14H13N5OS. The first-order valence-corrected chi connectivity index (χ1v) is 7.89. The summed E-state index contributed by atoms with van der Waals surface area (Å²) in [7, 11) is 0. The van der Waals surface area contributed by atoms with Crippen LogP contribution in [0.2, 0.25) is 0 Å². The summed E-state index contributed by atoms with van der Waals surface area (Å²) >= 11 is 1.52. The van der Waals surface area contributed by atoms with Crippen LogP contribution in [0, 0.1) is 11.3 Å². The van der Waals surface area contributed by atoms with Crippen molar-refractivity contribution in [2.24, 2.45) is 0 Å². The van der Waals surface area contributed by atoms with Gasteiger partial charge in [-0.05, 0) is 25.7 Å². The molecule has 0 bridgehead atoms. The van der Waals surface area contributed by atoms with Gasteiger partial charge in [0.05, 0.1) is 10.7 Å². The number of rotatable bonds is 4. The molecule has 21 heavy (non-hydrogen) atoms. The van der Waals surface area contributed by atoms with E-state index in [9.17, 15) is 10.1 Å². The molecule has 7 heteroatoms. The van der Waals surface area contributed by atoms with E-state index in [-0.39, 0.29) is 5.91 Å². The molecule has 2 N–H and O–H groups in total. The second kappa shape index (κ2) is 4.67. The maximum atomic E-state index is 12.2. The van der Waals surface area contributed by atoms with Gasteiger partial charge in [-0.25, -0.2) is 4.98 Å². The number of H-pyrrole nitrogens is 1. The number of aromatic nitrogens is 3. The Morgan fingerprint density at radius 1 is 1.38 bits per heavy atom. The van der Waals surface area contributed by atoms with E-state index >= 15 is 0 Å². The monoisotopic (exact) mass is 299 g/mol. The van der Waals surface area contributed by atoms with Gasteiger partial charge in [0.2, 0.25) is 0 Å². The van der Waals surface area contributed by atoms with Crippen molar-refractivity contribution < 1.29 is 4.79 Å².